The molecule has 0 atom stereocenters. The number of amides is 1. The zero-order chi connectivity index (χ0) is 16.8. The molecule has 6 heteroatoms. The first kappa shape index (κ1) is 17.5. The molecule has 2 rings (SSSR count). The van der Waals surface area contributed by atoms with Crippen molar-refractivity contribution in [1.82, 2.24) is 5.32 Å². The number of aryl methyl sites for hydroxylation is 1. The molecule has 1 amide bonds. The van der Waals surface area contributed by atoms with Crippen LogP contribution >= 0.6 is 35.4 Å². The SMILES string of the molecule is Cc1ccc(NC(=S)NC(=O)C=Cc2ccccc2Cl)cc1Cl. The Hall–Kier alpha value is -1.88. The quantitative estimate of drug-likeness (QED) is 0.605. The smallest absolute Gasteiger partial charge is 0.250 e. The lowest BCUT2D eigenvalue weighted by Gasteiger charge is -2.09. The summed E-state index contributed by atoms with van der Waals surface area (Å²) < 4.78 is 0. The van der Waals surface area contributed by atoms with Gasteiger partial charge in [-0.2, -0.15) is 0 Å². The van der Waals surface area contributed by atoms with Gasteiger partial charge in [-0.3, -0.25) is 10.1 Å². The maximum Gasteiger partial charge on any atom is 0.250 e. The number of carbonyl (C=O) groups is 1. The van der Waals surface area contributed by atoms with Crippen molar-refractivity contribution in [3.63, 3.8) is 0 Å². The maximum absolute atomic E-state index is 11.9. The molecule has 2 aromatic carbocycles. The lowest BCUT2D eigenvalue weighted by molar-refractivity contribution is -0.115. The third-order valence-electron chi connectivity index (χ3n) is 2.99. The van der Waals surface area contributed by atoms with E-state index in [0.717, 1.165) is 11.1 Å². The normalized spacial score (nSPS) is 10.6. The Morgan fingerprint density at radius 2 is 1.87 bits per heavy atom. The van der Waals surface area contributed by atoms with Crippen LogP contribution < -0.4 is 10.6 Å². The summed E-state index contributed by atoms with van der Waals surface area (Å²) in [6.07, 6.45) is 3.00. The standard InChI is InChI=1S/C17H14Cl2N2OS/c1-11-6-8-13(10-15(11)19)20-17(23)21-16(22)9-7-12-4-2-3-5-14(12)18/h2-10H,1H3,(H2,20,21,22,23). The predicted molar refractivity (Wildman–Crippen MR) is 101 cm³/mol. The summed E-state index contributed by atoms with van der Waals surface area (Å²) >= 11 is 17.2. The van der Waals surface area contributed by atoms with E-state index in [2.05, 4.69) is 10.6 Å². The van der Waals surface area contributed by atoms with Crippen LogP contribution in [0.3, 0.4) is 0 Å². The molecular formula is C17H14Cl2N2OS. The van der Waals surface area contributed by atoms with Crippen LogP contribution in [-0.4, -0.2) is 11.0 Å². The molecule has 0 radical (unpaired) electrons. The molecular weight excluding hydrogens is 351 g/mol. The molecule has 0 aliphatic heterocycles. The number of thiocarbonyl (C=S) groups is 1. The van der Waals surface area contributed by atoms with Gasteiger partial charge in [-0.1, -0.05) is 47.5 Å². The summed E-state index contributed by atoms with van der Waals surface area (Å²) in [5.41, 5.74) is 2.43. The van der Waals surface area contributed by atoms with E-state index in [0.29, 0.717) is 15.7 Å². The first-order chi connectivity index (χ1) is 11.0. The van der Waals surface area contributed by atoms with Crippen LogP contribution in [0.1, 0.15) is 11.1 Å². The van der Waals surface area contributed by atoms with Crippen LogP contribution in [-0.2, 0) is 4.79 Å². The third kappa shape index (κ3) is 5.36. The zero-order valence-corrected chi connectivity index (χ0v) is 14.6. The van der Waals surface area contributed by atoms with E-state index in [4.69, 9.17) is 35.4 Å². The first-order valence-electron chi connectivity index (χ1n) is 6.76. The van der Waals surface area contributed by atoms with Crippen LogP contribution in [0.15, 0.2) is 48.5 Å². The summed E-state index contributed by atoms with van der Waals surface area (Å²) in [6.45, 7) is 1.91. The number of nitrogens with one attached hydrogen (secondary N) is 2. The highest BCUT2D eigenvalue weighted by Gasteiger charge is 2.03. The average Bonchev–Trinajstić information content (AvgIpc) is 2.50. The van der Waals surface area contributed by atoms with Gasteiger partial charge in [0.15, 0.2) is 5.11 Å². The van der Waals surface area contributed by atoms with Gasteiger partial charge in [0.2, 0.25) is 5.91 Å². The number of hydrogen-bond donors (Lipinski definition) is 2. The predicted octanol–water partition coefficient (Wildman–Crippen LogP) is 4.83. The Balaban J connectivity index is 1.93. The highest BCUT2D eigenvalue weighted by Crippen LogP contribution is 2.20. The largest absolute Gasteiger partial charge is 0.332 e. The fourth-order valence-corrected chi connectivity index (χ4v) is 2.36. The summed E-state index contributed by atoms with van der Waals surface area (Å²) in [5, 5.41) is 6.86. The molecule has 2 N–H and O–H groups in total. The Bertz CT molecular complexity index is 775. The van der Waals surface area contributed by atoms with E-state index in [1.54, 1.807) is 18.2 Å². The van der Waals surface area contributed by atoms with Crippen molar-refractivity contribution < 1.29 is 4.79 Å². The van der Waals surface area contributed by atoms with Crippen LogP contribution in [0.2, 0.25) is 10.0 Å². The van der Waals surface area contributed by atoms with E-state index in [9.17, 15) is 4.79 Å². The van der Waals surface area contributed by atoms with E-state index in [-0.39, 0.29) is 11.0 Å². The third-order valence-corrected chi connectivity index (χ3v) is 3.94. The van der Waals surface area contributed by atoms with Crippen molar-refractivity contribution in [2.24, 2.45) is 0 Å². The molecule has 118 valence electrons. The monoisotopic (exact) mass is 364 g/mol. The van der Waals surface area contributed by atoms with Gasteiger partial charge in [-0.25, -0.2) is 0 Å². The fraction of sp³-hybridized carbons (Fsp3) is 0.0588. The molecule has 0 heterocycles. The molecule has 2 aromatic rings. The van der Waals surface area contributed by atoms with Crippen molar-refractivity contribution in [3.8, 4) is 0 Å². The number of anilines is 1. The molecule has 0 unspecified atom stereocenters. The number of hydrogen-bond acceptors (Lipinski definition) is 2. The minimum Gasteiger partial charge on any atom is -0.332 e. The van der Waals surface area contributed by atoms with E-state index >= 15 is 0 Å². The van der Waals surface area contributed by atoms with Crippen molar-refractivity contribution in [2.45, 2.75) is 6.92 Å². The second-order valence-electron chi connectivity index (χ2n) is 4.76. The van der Waals surface area contributed by atoms with E-state index < -0.39 is 0 Å². The van der Waals surface area contributed by atoms with Gasteiger partial charge in [0.05, 0.1) is 0 Å². The van der Waals surface area contributed by atoms with Crippen molar-refractivity contribution >= 4 is 58.2 Å². The number of benzene rings is 2. The Kier molecular flexibility index (Phi) is 6.16. The highest BCUT2D eigenvalue weighted by atomic mass is 35.5. The van der Waals surface area contributed by atoms with Crippen LogP contribution in [0, 0.1) is 6.92 Å². The van der Waals surface area contributed by atoms with E-state index in [1.165, 1.54) is 6.08 Å². The minimum atomic E-state index is -0.347. The van der Waals surface area contributed by atoms with Crippen LogP contribution in [0.5, 0.6) is 0 Å². The minimum absolute atomic E-state index is 0.193. The second kappa shape index (κ2) is 8.11. The molecule has 0 aliphatic rings. The van der Waals surface area contributed by atoms with Crippen molar-refractivity contribution in [2.75, 3.05) is 5.32 Å². The molecule has 3 nitrogen and oxygen atoms in total. The van der Waals surface area contributed by atoms with Gasteiger partial charge >= 0.3 is 0 Å². The van der Waals surface area contributed by atoms with Gasteiger partial charge < -0.3 is 5.32 Å². The van der Waals surface area contributed by atoms with Crippen LogP contribution in [0.25, 0.3) is 6.08 Å². The summed E-state index contributed by atoms with van der Waals surface area (Å²) in [6, 6.07) is 12.7. The second-order valence-corrected chi connectivity index (χ2v) is 5.98. The Labute approximate surface area is 150 Å². The van der Waals surface area contributed by atoms with Crippen molar-refractivity contribution in [1.29, 1.82) is 0 Å². The lowest BCUT2D eigenvalue weighted by Crippen LogP contribution is -2.32. The van der Waals surface area contributed by atoms with Gasteiger partial charge in [-0.05, 0) is 54.5 Å². The van der Waals surface area contributed by atoms with Gasteiger partial charge in [0.1, 0.15) is 0 Å². The average molecular weight is 365 g/mol. The molecule has 0 aliphatic carbocycles. The number of rotatable bonds is 3. The molecule has 0 bridgehead atoms. The topological polar surface area (TPSA) is 41.1 Å². The zero-order valence-electron chi connectivity index (χ0n) is 12.3. The molecule has 0 saturated carbocycles. The fourth-order valence-electron chi connectivity index (χ4n) is 1.76. The molecule has 23 heavy (non-hydrogen) atoms. The Morgan fingerprint density at radius 3 is 2.57 bits per heavy atom. The number of carbonyl (C=O) groups excluding carboxylic acids is 1. The molecule has 0 aromatic heterocycles. The van der Waals surface area contributed by atoms with E-state index in [1.807, 2.05) is 37.3 Å². The van der Waals surface area contributed by atoms with Gasteiger partial charge in [0, 0.05) is 21.8 Å². The van der Waals surface area contributed by atoms with Gasteiger partial charge in [0.25, 0.3) is 0 Å². The van der Waals surface area contributed by atoms with Crippen LogP contribution in [0.4, 0.5) is 5.69 Å². The van der Waals surface area contributed by atoms with Gasteiger partial charge in [-0.15, -0.1) is 0 Å². The summed E-state index contributed by atoms with van der Waals surface area (Å²) in [5.74, 6) is -0.347. The summed E-state index contributed by atoms with van der Waals surface area (Å²) in [7, 11) is 0. The highest BCUT2D eigenvalue weighted by molar-refractivity contribution is 7.80. The lowest BCUT2D eigenvalue weighted by atomic mass is 10.2. The first-order valence-corrected chi connectivity index (χ1v) is 7.93. The molecule has 0 saturated heterocycles. The number of halogens is 2. The summed E-state index contributed by atoms with van der Waals surface area (Å²) in [4.78, 5) is 11.9. The molecule has 0 spiro atoms. The Morgan fingerprint density at radius 1 is 1.13 bits per heavy atom. The maximum atomic E-state index is 11.9. The molecule has 0 fully saturated rings. The van der Waals surface area contributed by atoms with Crippen molar-refractivity contribution in [3.05, 3.63) is 69.7 Å².